The number of unbranched alkanes of at least 4 members (excludes halogenated alkanes) is 30. The largest absolute Gasteiger partial charge is 0.472 e. The Hall–Kier alpha value is -1.63. The Kier molecular flexibility index (Phi) is 46.2. The summed E-state index contributed by atoms with van der Waals surface area (Å²) in [5.74, 6) is -1.06. The predicted molar refractivity (Wildman–Crippen MR) is 264 cm³/mol. The highest BCUT2D eigenvalue weighted by Gasteiger charge is 2.35. The van der Waals surface area contributed by atoms with E-state index in [1.165, 1.54) is 167 Å². The number of aliphatic hydroxyl groups excluding tert-OH is 4. The van der Waals surface area contributed by atoms with Gasteiger partial charge in [-0.15, -0.1) is 0 Å². The van der Waals surface area contributed by atoms with Gasteiger partial charge < -0.3 is 34.8 Å². The molecule has 0 aliphatic carbocycles. The number of hydrogen-bond acceptors (Lipinski definition) is 11. The molecule has 0 saturated carbocycles. The smallest absolute Gasteiger partial charge is 0.462 e. The zero-order valence-electron chi connectivity index (χ0n) is 41.4. The summed E-state index contributed by atoms with van der Waals surface area (Å²) in [5.41, 5.74) is 0. The maximum atomic E-state index is 12.8. The van der Waals surface area contributed by atoms with Crippen LogP contribution in [0.25, 0.3) is 0 Å². The van der Waals surface area contributed by atoms with E-state index in [2.05, 4.69) is 38.2 Å². The first-order chi connectivity index (χ1) is 31.6. The monoisotopic (exact) mass is 947 g/mol. The molecule has 1 unspecified atom stereocenters. The van der Waals surface area contributed by atoms with E-state index in [1.54, 1.807) is 0 Å². The summed E-state index contributed by atoms with van der Waals surface area (Å²) in [4.78, 5) is 35.6. The molecule has 0 heterocycles. The summed E-state index contributed by atoms with van der Waals surface area (Å²) in [6, 6.07) is 0. The Morgan fingerprint density at radius 1 is 0.492 bits per heavy atom. The Morgan fingerprint density at radius 3 is 1.25 bits per heavy atom. The molecule has 12 nitrogen and oxygen atoms in total. The maximum absolute atomic E-state index is 12.8. The second kappa shape index (κ2) is 47.4. The van der Waals surface area contributed by atoms with Gasteiger partial charge in [0.1, 0.15) is 24.9 Å². The lowest BCUT2D eigenvalue weighted by molar-refractivity contribution is -0.161. The van der Waals surface area contributed by atoms with Crippen LogP contribution in [0.1, 0.15) is 245 Å². The fraction of sp³-hybridized carbons (Fsp3) is 0.885. The van der Waals surface area contributed by atoms with Crippen LogP contribution in [-0.4, -0.2) is 88.1 Å². The van der Waals surface area contributed by atoms with Gasteiger partial charge in [0.25, 0.3) is 0 Å². The Morgan fingerprint density at radius 2 is 0.846 bits per heavy atom. The van der Waals surface area contributed by atoms with Gasteiger partial charge in [-0.2, -0.15) is 0 Å². The number of aliphatic hydroxyl groups is 4. The third-order valence-corrected chi connectivity index (χ3v) is 12.9. The van der Waals surface area contributed by atoms with Crippen molar-refractivity contribution in [1.82, 2.24) is 0 Å². The lowest BCUT2D eigenvalue weighted by Gasteiger charge is -2.26. The van der Waals surface area contributed by atoms with Crippen molar-refractivity contribution in [2.75, 3.05) is 26.4 Å². The molecular weight excluding hydrogens is 848 g/mol. The van der Waals surface area contributed by atoms with Gasteiger partial charge in [0.15, 0.2) is 6.10 Å². The third kappa shape index (κ3) is 43.4. The highest BCUT2D eigenvalue weighted by Crippen LogP contribution is 2.45. The van der Waals surface area contributed by atoms with Gasteiger partial charge in [-0.3, -0.25) is 18.6 Å². The molecule has 0 spiro atoms. The second-order valence-corrected chi connectivity index (χ2v) is 19.5. The highest BCUT2D eigenvalue weighted by atomic mass is 31.2. The predicted octanol–water partition coefficient (Wildman–Crippen LogP) is 12.8. The van der Waals surface area contributed by atoms with Crippen LogP contribution in [0.3, 0.4) is 0 Å². The van der Waals surface area contributed by atoms with E-state index in [0.29, 0.717) is 12.8 Å². The summed E-state index contributed by atoms with van der Waals surface area (Å²) in [7, 11) is -4.97. The summed E-state index contributed by atoms with van der Waals surface area (Å²) < 4.78 is 33.4. The van der Waals surface area contributed by atoms with Crippen molar-refractivity contribution in [3.63, 3.8) is 0 Å². The van der Waals surface area contributed by atoms with Gasteiger partial charge in [0, 0.05) is 12.8 Å². The van der Waals surface area contributed by atoms with Gasteiger partial charge >= 0.3 is 19.8 Å². The van der Waals surface area contributed by atoms with Crippen LogP contribution >= 0.6 is 7.82 Å². The lowest BCUT2D eigenvalue weighted by atomic mass is 10.0. The molecule has 0 rings (SSSR count). The van der Waals surface area contributed by atoms with Gasteiger partial charge in [-0.05, 0) is 64.2 Å². The topological polar surface area (TPSA) is 189 Å². The average molecular weight is 947 g/mol. The van der Waals surface area contributed by atoms with Crippen LogP contribution in [0.2, 0.25) is 0 Å². The fourth-order valence-electron chi connectivity index (χ4n) is 7.65. The Balaban J connectivity index is 4.42. The van der Waals surface area contributed by atoms with Crippen LogP contribution in [0.15, 0.2) is 24.3 Å². The number of rotatable bonds is 50. The molecule has 0 fully saturated rings. The number of carbonyl (C=O) groups excluding carboxylic acids is 2. The normalized spacial score (nSPS) is 14.8. The van der Waals surface area contributed by atoms with Crippen molar-refractivity contribution in [1.29, 1.82) is 0 Å². The molecule has 0 radical (unpaired) electrons. The van der Waals surface area contributed by atoms with Crippen molar-refractivity contribution < 1.29 is 58.0 Å². The number of ether oxygens (including phenoxy) is 2. The molecule has 384 valence electrons. The zero-order chi connectivity index (χ0) is 47.9. The first-order valence-corrected chi connectivity index (χ1v) is 28.0. The number of allylic oxidation sites excluding steroid dienone is 4. The standard InChI is InChI=1S/C52H99O12P/c1-3-5-7-9-11-13-15-17-19-20-21-22-23-24-25-26-28-29-31-33-35-37-39-41-50(56)61-45-47(46-62-65(59,60)64-49(44-54)52(58)48(55)43-53)63-51(57)42-40-38-36-34-32-30-27-18-16-14-12-10-8-6-4-2/h15,17,31,33,47-49,52-55,58H,3-14,16,18-30,32,34-46H2,1-2H3,(H,59,60)/b17-15-,33-31-/t47-,48-,49-,52+/m1/s1. The molecule has 0 saturated heterocycles. The first-order valence-electron chi connectivity index (χ1n) is 26.5. The van der Waals surface area contributed by atoms with Crippen molar-refractivity contribution in [2.45, 2.75) is 269 Å². The van der Waals surface area contributed by atoms with E-state index in [0.717, 1.165) is 38.5 Å². The van der Waals surface area contributed by atoms with Gasteiger partial charge in [-0.1, -0.05) is 192 Å². The molecule has 0 bridgehead atoms. The average Bonchev–Trinajstić information content (AvgIpc) is 3.30. The molecular formula is C52H99O12P. The number of phosphoric acid groups is 1. The molecule has 13 heteroatoms. The second-order valence-electron chi connectivity index (χ2n) is 18.1. The van der Waals surface area contributed by atoms with E-state index >= 15 is 0 Å². The van der Waals surface area contributed by atoms with Gasteiger partial charge in [-0.25, -0.2) is 4.57 Å². The van der Waals surface area contributed by atoms with Gasteiger partial charge in [0.2, 0.25) is 0 Å². The number of carbonyl (C=O) groups is 2. The minimum Gasteiger partial charge on any atom is -0.462 e. The lowest BCUT2D eigenvalue weighted by Crippen LogP contribution is -2.42. The third-order valence-electron chi connectivity index (χ3n) is 11.8. The molecule has 65 heavy (non-hydrogen) atoms. The quantitative estimate of drug-likeness (QED) is 0.0168. The maximum Gasteiger partial charge on any atom is 0.472 e. The summed E-state index contributed by atoms with van der Waals surface area (Å²) in [6.07, 6.45) is 43.6. The first kappa shape index (κ1) is 63.4. The van der Waals surface area contributed by atoms with Crippen molar-refractivity contribution >= 4 is 19.8 Å². The van der Waals surface area contributed by atoms with Crippen molar-refractivity contribution in [3.05, 3.63) is 24.3 Å². The van der Waals surface area contributed by atoms with E-state index in [4.69, 9.17) is 23.6 Å². The number of esters is 2. The van der Waals surface area contributed by atoms with Crippen LogP contribution in [0, 0.1) is 0 Å². The number of phosphoric ester groups is 1. The molecule has 0 aromatic heterocycles. The molecule has 0 aliphatic rings. The van der Waals surface area contributed by atoms with E-state index in [9.17, 15) is 34.4 Å². The Bertz CT molecular complexity index is 1170. The van der Waals surface area contributed by atoms with E-state index in [-0.39, 0.29) is 12.8 Å². The molecule has 0 aliphatic heterocycles. The SMILES string of the molecule is CCCCCCC/C=C\CCCCCCCCCC/C=C\CCCCC(=O)OC[C@H](COP(=O)(O)O[C@H](CO)[C@@H](O)[C@H](O)CO)OC(=O)CCCCCCCCCCCCCCCCC. The summed E-state index contributed by atoms with van der Waals surface area (Å²) >= 11 is 0. The highest BCUT2D eigenvalue weighted by molar-refractivity contribution is 7.47. The van der Waals surface area contributed by atoms with Crippen LogP contribution < -0.4 is 0 Å². The van der Waals surface area contributed by atoms with Crippen LogP contribution in [0.5, 0.6) is 0 Å². The fourth-order valence-corrected chi connectivity index (χ4v) is 8.60. The molecule has 5 N–H and O–H groups in total. The van der Waals surface area contributed by atoms with Crippen LogP contribution in [-0.2, 0) is 32.7 Å². The van der Waals surface area contributed by atoms with E-state index in [1.807, 2.05) is 0 Å². The summed E-state index contributed by atoms with van der Waals surface area (Å²) in [6.45, 7) is 1.58. The number of hydrogen-bond donors (Lipinski definition) is 5. The molecule has 0 amide bonds. The van der Waals surface area contributed by atoms with Crippen LogP contribution in [0.4, 0.5) is 0 Å². The zero-order valence-corrected chi connectivity index (χ0v) is 42.3. The molecule has 5 atom stereocenters. The molecule has 0 aromatic carbocycles. The van der Waals surface area contributed by atoms with E-state index < -0.39 is 70.6 Å². The minimum atomic E-state index is -4.97. The van der Waals surface area contributed by atoms with Crippen molar-refractivity contribution in [3.8, 4) is 0 Å². The minimum absolute atomic E-state index is 0.124. The molecule has 0 aromatic rings. The summed E-state index contributed by atoms with van der Waals surface area (Å²) in [5, 5.41) is 38.3. The van der Waals surface area contributed by atoms with Gasteiger partial charge in [0.05, 0.1) is 19.8 Å². The van der Waals surface area contributed by atoms with Crippen molar-refractivity contribution in [2.24, 2.45) is 0 Å². The Labute approximate surface area is 396 Å².